The minimum Gasteiger partial charge on any atom is -0.493 e. The highest BCUT2D eigenvalue weighted by molar-refractivity contribution is 5.71. The number of rotatable bonds is 5. The Kier molecular flexibility index (Phi) is 5.01. The van der Waals surface area contributed by atoms with Gasteiger partial charge in [-0.3, -0.25) is 9.69 Å². The average molecular weight is 277 g/mol. The third-order valence-electron chi connectivity index (χ3n) is 3.83. The first-order valence-corrected chi connectivity index (χ1v) is 7.14. The molecule has 2 rings (SSSR count). The summed E-state index contributed by atoms with van der Waals surface area (Å²) >= 11 is 0. The van der Waals surface area contributed by atoms with Gasteiger partial charge in [-0.25, -0.2) is 0 Å². The molecule has 4 nitrogen and oxygen atoms in total. The van der Waals surface area contributed by atoms with Crippen LogP contribution in [0.4, 0.5) is 0 Å². The van der Waals surface area contributed by atoms with Gasteiger partial charge in [-0.05, 0) is 31.9 Å². The van der Waals surface area contributed by atoms with Crippen molar-refractivity contribution in [1.82, 2.24) is 4.90 Å². The minimum atomic E-state index is -0.181. The normalized spacial score (nSPS) is 17.8. The van der Waals surface area contributed by atoms with E-state index in [0.29, 0.717) is 18.5 Å². The molecule has 0 aliphatic carbocycles. The molecule has 1 aromatic carbocycles. The average Bonchev–Trinajstić information content (AvgIpc) is 2.46. The van der Waals surface area contributed by atoms with Crippen LogP contribution in [-0.4, -0.2) is 43.7 Å². The number of benzene rings is 1. The quantitative estimate of drug-likeness (QED) is 0.775. The van der Waals surface area contributed by atoms with Gasteiger partial charge in [0.25, 0.3) is 0 Å². The van der Waals surface area contributed by atoms with Crippen molar-refractivity contribution >= 4 is 5.97 Å². The van der Waals surface area contributed by atoms with Crippen LogP contribution in [0, 0.1) is 0 Å². The van der Waals surface area contributed by atoms with Crippen LogP contribution in [-0.2, 0) is 9.53 Å². The standard InChI is InChI=1S/C16H23NO3/c1-12(2)17(11-16(18)19-3)10-13-8-9-20-15-7-5-4-6-14(13)15/h4-7,12-13H,8-11H2,1-3H3. The van der Waals surface area contributed by atoms with Crippen LogP contribution in [0.15, 0.2) is 24.3 Å². The van der Waals surface area contributed by atoms with E-state index in [1.807, 2.05) is 18.2 Å². The molecule has 1 aliphatic rings. The molecule has 0 aromatic heterocycles. The zero-order valence-corrected chi connectivity index (χ0v) is 12.5. The van der Waals surface area contributed by atoms with Gasteiger partial charge in [0, 0.05) is 18.5 Å². The van der Waals surface area contributed by atoms with Gasteiger partial charge in [0.05, 0.1) is 20.3 Å². The molecule has 0 spiro atoms. The van der Waals surface area contributed by atoms with E-state index >= 15 is 0 Å². The Labute approximate surface area is 120 Å². The van der Waals surface area contributed by atoms with Crippen molar-refractivity contribution in [1.29, 1.82) is 0 Å². The molecule has 110 valence electrons. The molecule has 4 heteroatoms. The lowest BCUT2D eigenvalue weighted by Crippen LogP contribution is -2.40. The summed E-state index contributed by atoms with van der Waals surface area (Å²) in [5.41, 5.74) is 1.24. The molecule has 0 saturated heterocycles. The molecule has 0 fully saturated rings. The zero-order valence-electron chi connectivity index (χ0n) is 12.5. The Morgan fingerprint density at radius 1 is 1.45 bits per heavy atom. The van der Waals surface area contributed by atoms with Crippen LogP contribution in [0.25, 0.3) is 0 Å². The van der Waals surface area contributed by atoms with Gasteiger partial charge in [-0.2, -0.15) is 0 Å². The summed E-state index contributed by atoms with van der Waals surface area (Å²) in [6.07, 6.45) is 0.988. The molecular formula is C16H23NO3. The molecule has 1 aromatic rings. The third-order valence-corrected chi connectivity index (χ3v) is 3.83. The fourth-order valence-electron chi connectivity index (χ4n) is 2.58. The Morgan fingerprint density at radius 3 is 2.90 bits per heavy atom. The summed E-state index contributed by atoms with van der Waals surface area (Å²) in [6, 6.07) is 8.48. The molecule has 0 amide bonds. The van der Waals surface area contributed by atoms with Gasteiger partial charge in [-0.1, -0.05) is 18.2 Å². The fourth-order valence-corrected chi connectivity index (χ4v) is 2.58. The number of methoxy groups -OCH3 is 1. The van der Waals surface area contributed by atoms with Gasteiger partial charge in [0.15, 0.2) is 0 Å². The van der Waals surface area contributed by atoms with E-state index in [-0.39, 0.29) is 5.97 Å². The van der Waals surface area contributed by atoms with Crippen molar-refractivity contribution < 1.29 is 14.3 Å². The number of ether oxygens (including phenoxy) is 2. The summed E-state index contributed by atoms with van der Waals surface area (Å²) in [4.78, 5) is 13.7. The molecule has 1 heterocycles. The van der Waals surface area contributed by atoms with E-state index in [9.17, 15) is 4.79 Å². The third kappa shape index (κ3) is 3.51. The van der Waals surface area contributed by atoms with Crippen molar-refractivity contribution in [3.8, 4) is 5.75 Å². The highest BCUT2D eigenvalue weighted by Crippen LogP contribution is 2.34. The number of fused-ring (bicyclic) bond motifs is 1. The van der Waals surface area contributed by atoms with E-state index in [0.717, 1.165) is 25.3 Å². The second-order valence-electron chi connectivity index (χ2n) is 5.47. The molecule has 0 radical (unpaired) electrons. The van der Waals surface area contributed by atoms with Gasteiger partial charge >= 0.3 is 5.97 Å². The first kappa shape index (κ1) is 14.9. The molecule has 0 bridgehead atoms. The second-order valence-corrected chi connectivity index (χ2v) is 5.47. The monoisotopic (exact) mass is 277 g/mol. The number of esters is 1. The van der Waals surface area contributed by atoms with Crippen LogP contribution in [0.2, 0.25) is 0 Å². The summed E-state index contributed by atoms with van der Waals surface area (Å²) in [7, 11) is 1.44. The number of carbonyl (C=O) groups is 1. The fraction of sp³-hybridized carbons (Fsp3) is 0.562. The van der Waals surface area contributed by atoms with Gasteiger partial charge in [0.2, 0.25) is 0 Å². The molecule has 1 aliphatic heterocycles. The molecule has 20 heavy (non-hydrogen) atoms. The van der Waals surface area contributed by atoms with Gasteiger partial charge in [-0.15, -0.1) is 0 Å². The topological polar surface area (TPSA) is 38.8 Å². The molecule has 1 atom stereocenters. The number of hydrogen-bond acceptors (Lipinski definition) is 4. The summed E-state index contributed by atoms with van der Waals surface area (Å²) < 4.78 is 10.5. The summed E-state index contributed by atoms with van der Waals surface area (Å²) in [6.45, 7) is 6.15. The number of hydrogen-bond donors (Lipinski definition) is 0. The minimum absolute atomic E-state index is 0.181. The van der Waals surface area contributed by atoms with Crippen molar-refractivity contribution in [2.45, 2.75) is 32.2 Å². The van der Waals surface area contributed by atoms with Gasteiger partial charge < -0.3 is 9.47 Å². The van der Waals surface area contributed by atoms with E-state index < -0.39 is 0 Å². The highest BCUT2D eigenvalue weighted by Gasteiger charge is 2.25. The Balaban J connectivity index is 2.10. The van der Waals surface area contributed by atoms with Crippen LogP contribution in [0.5, 0.6) is 5.75 Å². The number of para-hydroxylation sites is 1. The van der Waals surface area contributed by atoms with E-state index in [2.05, 4.69) is 24.8 Å². The first-order chi connectivity index (χ1) is 9.61. The maximum Gasteiger partial charge on any atom is 0.319 e. The van der Waals surface area contributed by atoms with Crippen molar-refractivity contribution in [3.05, 3.63) is 29.8 Å². The van der Waals surface area contributed by atoms with Crippen LogP contribution >= 0.6 is 0 Å². The first-order valence-electron chi connectivity index (χ1n) is 7.14. The maximum absolute atomic E-state index is 11.5. The predicted molar refractivity (Wildman–Crippen MR) is 78.0 cm³/mol. The lowest BCUT2D eigenvalue weighted by molar-refractivity contribution is -0.142. The van der Waals surface area contributed by atoms with Gasteiger partial charge in [0.1, 0.15) is 5.75 Å². The summed E-state index contributed by atoms with van der Waals surface area (Å²) in [5.74, 6) is 1.21. The Bertz CT molecular complexity index is 459. The predicted octanol–water partition coefficient (Wildman–Crippen LogP) is 2.44. The van der Waals surface area contributed by atoms with Crippen molar-refractivity contribution in [2.24, 2.45) is 0 Å². The smallest absolute Gasteiger partial charge is 0.319 e. The number of nitrogens with zero attached hydrogens (tertiary/aromatic N) is 1. The van der Waals surface area contributed by atoms with Crippen LogP contribution < -0.4 is 4.74 Å². The van der Waals surface area contributed by atoms with E-state index in [1.165, 1.54) is 12.7 Å². The van der Waals surface area contributed by atoms with E-state index in [4.69, 9.17) is 9.47 Å². The molecular weight excluding hydrogens is 254 g/mol. The number of carbonyl (C=O) groups excluding carboxylic acids is 1. The van der Waals surface area contributed by atoms with Crippen molar-refractivity contribution in [2.75, 3.05) is 26.8 Å². The SMILES string of the molecule is COC(=O)CN(CC1CCOc2ccccc21)C(C)C. The summed E-state index contributed by atoms with van der Waals surface area (Å²) in [5, 5.41) is 0. The van der Waals surface area contributed by atoms with Crippen LogP contribution in [0.3, 0.4) is 0 Å². The Hall–Kier alpha value is -1.55. The van der Waals surface area contributed by atoms with Crippen molar-refractivity contribution in [3.63, 3.8) is 0 Å². The largest absolute Gasteiger partial charge is 0.493 e. The highest BCUT2D eigenvalue weighted by atomic mass is 16.5. The zero-order chi connectivity index (χ0) is 14.5. The van der Waals surface area contributed by atoms with Crippen LogP contribution in [0.1, 0.15) is 31.7 Å². The lowest BCUT2D eigenvalue weighted by Gasteiger charge is -2.32. The maximum atomic E-state index is 11.5. The molecule has 0 saturated carbocycles. The molecule has 1 unspecified atom stereocenters. The Morgan fingerprint density at radius 2 is 2.20 bits per heavy atom. The second kappa shape index (κ2) is 6.75. The van der Waals surface area contributed by atoms with E-state index in [1.54, 1.807) is 0 Å². The lowest BCUT2D eigenvalue weighted by atomic mass is 9.92. The molecule has 0 N–H and O–H groups in total.